The van der Waals surface area contributed by atoms with Gasteiger partial charge in [-0.15, -0.1) is 11.3 Å². The van der Waals surface area contributed by atoms with Crippen LogP contribution in [0.4, 0.5) is 0 Å². The summed E-state index contributed by atoms with van der Waals surface area (Å²) in [6, 6.07) is 57.7. The molecule has 11 aromatic rings. The van der Waals surface area contributed by atoms with Crippen LogP contribution in [0.2, 0.25) is 0 Å². The van der Waals surface area contributed by atoms with E-state index >= 15 is 0 Å². The molecule has 0 aliphatic heterocycles. The highest BCUT2D eigenvalue weighted by molar-refractivity contribution is 7.26. The zero-order valence-electron chi connectivity index (χ0n) is 27.2. The van der Waals surface area contributed by atoms with Gasteiger partial charge in [-0.3, -0.25) is 4.57 Å². The van der Waals surface area contributed by atoms with Crippen LogP contribution in [0.25, 0.3) is 98.2 Å². The summed E-state index contributed by atoms with van der Waals surface area (Å²) in [6.45, 7) is 0. The maximum atomic E-state index is 5.13. The second kappa shape index (κ2) is 10.9. The van der Waals surface area contributed by atoms with Gasteiger partial charge in [0.15, 0.2) is 11.6 Å². The Morgan fingerprint density at radius 3 is 1.55 bits per heavy atom. The lowest BCUT2D eigenvalue weighted by Crippen LogP contribution is -2.06. The molecule has 11 rings (SSSR count). The van der Waals surface area contributed by atoms with Crippen LogP contribution in [0.1, 0.15) is 0 Å². The van der Waals surface area contributed by atoms with Gasteiger partial charge in [0.2, 0.25) is 5.95 Å². The standard InChI is InChI=1S/C45H27N5S/c1-3-13-28(14-4-1)43-46-44(29-15-5-2-6-16-29)48-45(47-43)50-37-22-12-9-19-33(37)41-38(50)25-26-39-42(41)34-24-23-30(27-40(34)51-39)49-35-20-10-7-17-31(35)32-18-8-11-21-36(32)49/h1-27H. The summed E-state index contributed by atoms with van der Waals surface area (Å²) in [5, 5.41) is 7.43. The number of thiophene rings is 1. The van der Waals surface area contributed by atoms with Crippen molar-refractivity contribution in [3.63, 3.8) is 0 Å². The lowest BCUT2D eigenvalue weighted by molar-refractivity contribution is 0.953. The molecule has 0 bridgehead atoms. The normalized spacial score (nSPS) is 11.9. The molecule has 0 fully saturated rings. The summed E-state index contributed by atoms with van der Waals surface area (Å²) in [5.74, 6) is 1.89. The number of hydrogen-bond donors (Lipinski definition) is 0. The number of rotatable bonds is 4. The number of para-hydroxylation sites is 3. The lowest BCUT2D eigenvalue weighted by Gasteiger charge is -2.11. The Bertz CT molecular complexity index is 3030. The van der Waals surface area contributed by atoms with Gasteiger partial charge in [0.1, 0.15) is 0 Å². The van der Waals surface area contributed by atoms with E-state index in [0.29, 0.717) is 17.6 Å². The zero-order valence-corrected chi connectivity index (χ0v) is 28.0. The monoisotopic (exact) mass is 669 g/mol. The van der Waals surface area contributed by atoms with E-state index in [-0.39, 0.29) is 0 Å². The SMILES string of the molecule is c1ccc(-c2nc(-c3ccccc3)nc(-n3c4ccccc4c4c5c(ccc43)sc3cc(-n4c6ccccc6c6ccccc64)ccc35)n2)cc1. The van der Waals surface area contributed by atoms with Crippen molar-refractivity contribution in [1.29, 1.82) is 0 Å². The van der Waals surface area contributed by atoms with Crippen LogP contribution < -0.4 is 0 Å². The maximum Gasteiger partial charge on any atom is 0.238 e. The van der Waals surface area contributed by atoms with Gasteiger partial charge < -0.3 is 4.57 Å². The Morgan fingerprint density at radius 2 is 0.922 bits per heavy atom. The van der Waals surface area contributed by atoms with Gasteiger partial charge >= 0.3 is 0 Å². The summed E-state index contributed by atoms with van der Waals surface area (Å²) in [5.41, 5.74) is 7.62. The van der Waals surface area contributed by atoms with Gasteiger partial charge in [-0.1, -0.05) is 121 Å². The molecular formula is C45H27N5S. The molecule has 0 spiro atoms. The van der Waals surface area contributed by atoms with Crippen molar-refractivity contribution < 1.29 is 0 Å². The van der Waals surface area contributed by atoms with Gasteiger partial charge in [0.25, 0.3) is 0 Å². The van der Waals surface area contributed by atoms with Crippen molar-refractivity contribution >= 4 is 75.1 Å². The molecule has 4 heterocycles. The Labute approximate surface area is 296 Å². The molecule has 238 valence electrons. The Morgan fingerprint density at radius 1 is 0.373 bits per heavy atom. The second-order valence-electron chi connectivity index (χ2n) is 12.9. The number of nitrogens with zero attached hydrogens (tertiary/aromatic N) is 5. The summed E-state index contributed by atoms with van der Waals surface area (Å²) < 4.78 is 7.11. The van der Waals surface area contributed by atoms with Crippen molar-refractivity contribution in [1.82, 2.24) is 24.1 Å². The molecule has 0 unspecified atom stereocenters. The van der Waals surface area contributed by atoms with Crippen molar-refractivity contribution in [2.24, 2.45) is 0 Å². The molecule has 6 heteroatoms. The van der Waals surface area contributed by atoms with E-state index in [4.69, 9.17) is 15.0 Å². The quantitative estimate of drug-likeness (QED) is 0.187. The van der Waals surface area contributed by atoms with E-state index in [1.165, 1.54) is 52.8 Å². The minimum absolute atomic E-state index is 0.599. The first-order valence-corrected chi connectivity index (χ1v) is 17.9. The lowest BCUT2D eigenvalue weighted by atomic mass is 10.1. The fourth-order valence-electron chi connectivity index (χ4n) is 7.77. The Balaban J connectivity index is 1.18. The minimum Gasteiger partial charge on any atom is -0.309 e. The van der Waals surface area contributed by atoms with Crippen molar-refractivity contribution in [3.05, 3.63) is 164 Å². The summed E-state index contributed by atoms with van der Waals surface area (Å²) >= 11 is 1.85. The van der Waals surface area contributed by atoms with E-state index in [2.05, 4.69) is 112 Å². The van der Waals surface area contributed by atoms with Crippen LogP contribution in [0.3, 0.4) is 0 Å². The van der Waals surface area contributed by atoms with E-state index in [9.17, 15) is 0 Å². The fourth-order valence-corrected chi connectivity index (χ4v) is 8.91. The van der Waals surface area contributed by atoms with Crippen molar-refractivity contribution in [3.8, 4) is 34.4 Å². The summed E-state index contributed by atoms with van der Waals surface area (Å²) in [4.78, 5) is 15.2. The second-order valence-corrected chi connectivity index (χ2v) is 13.9. The predicted molar refractivity (Wildman–Crippen MR) is 212 cm³/mol. The topological polar surface area (TPSA) is 48.5 Å². The first kappa shape index (κ1) is 28.2. The molecule has 0 saturated carbocycles. The molecule has 5 nitrogen and oxygen atoms in total. The molecule has 0 N–H and O–H groups in total. The largest absolute Gasteiger partial charge is 0.309 e. The maximum absolute atomic E-state index is 5.13. The first-order chi connectivity index (χ1) is 25.3. The van der Waals surface area contributed by atoms with E-state index in [0.717, 1.165) is 27.8 Å². The van der Waals surface area contributed by atoms with Crippen molar-refractivity contribution in [2.45, 2.75) is 0 Å². The third-order valence-corrected chi connectivity index (χ3v) is 11.1. The number of fused-ring (bicyclic) bond motifs is 10. The van der Waals surface area contributed by atoms with Crippen LogP contribution in [0.15, 0.2) is 164 Å². The third kappa shape index (κ3) is 4.24. The van der Waals surface area contributed by atoms with Gasteiger partial charge in [-0.05, 0) is 42.5 Å². The van der Waals surface area contributed by atoms with Gasteiger partial charge in [-0.25, -0.2) is 4.98 Å². The van der Waals surface area contributed by atoms with E-state index in [1.54, 1.807) is 0 Å². The Hall–Kier alpha value is -6.63. The van der Waals surface area contributed by atoms with Crippen LogP contribution in [0.5, 0.6) is 0 Å². The number of hydrogen-bond acceptors (Lipinski definition) is 4. The smallest absolute Gasteiger partial charge is 0.238 e. The molecule has 0 amide bonds. The van der Waals surface area contributed by atoms with Gasteiger partial charge in [-0.2, -0.15) is 9.97 Å². The van der Waals surface area contributed by atoms with E-state index in [1.807, 2.05) is 72.0 Å². The van der Waals surface area contributed by atoms with Crippen molar-refractivity contribution in [2.75, 3.05) is 0 Å². The number of aromatic nitrogens is 5. The van der Waals surface area contributed by atoms with Gasteiger partial charge in [0, 0.05) is 58.5 Å². The highest BCUT2D eigenvalue weighted by Crippen LogP contribution is 2.44. The molecule has 7 aromatic carbocycles. The molecule has 0 aliphatic carbocycles. The van der Waals surface area contributed by atoms with E-state index < -0.39 is 0 Å². The molecule has 0 atom stereocenters. The summed E-state index contributed by atoms with van der Waals surface area (Å²) in [7, 11) is 0. The Kier molecular flexibility index (Phi) is 6.05. The molecule has 0 aliphatic rings. The fraction of sp³-hybridized carbons (Fsp3) is 0. The number of benzene rings is 7. The summed E-state index contributed by atoms with van der Waals surface area (Å²) in [6.07, 6.45) is 0. The molecule has 4 aromatic heterocycles. The van der Waals surface area contributed by atoms with Gasteiger partial charge in [0.05, 0.1) is 22.1 Å². The molecule has 0 saturated heterocycles. The average Bonchev–Trinajstić information content (AvgIpc) is 3.85. The molecule has 51 heavy (non-hydrogen) atoms. The van der Waals surface area contributed by atoms with Crippen LogP contribution in [0, 0.1) is 0 Å². The van der Waals surface area contributed by atoms with Crippen LogP contribution in [-0.4, -0.2) is 24.1 Å². The molecule has 0 radical (unpaired) electrons. The predicted octanol–water partition coefficient (Wildman–Crippen LogP) is 11.8. The first-order valence-electron chi connectivity index (χ1n) is 17.0. The highest BCUT2D eigenvalue weighted by Gasteiger charge is 2.21. The molecular weight excluding hydrogens is 643 g/mol. The zero-order chi connectivity index (χ0) is 33.5. The van der Waals surface area contributed by atoms with Crippen LogP contribution in [-0.2, 0) is 0 Å². The minimum atomic E-state index is 0.599. The third-order valence-electron chi connectivity index (χ3n) is 9.98. The highest BCUT2D eigenvalue weighted by atomic mass is 32.1. The average molecular weight is 670 g/mol. The van der Waals surface area contributed by atoms with Crippen LogP contribution >= 0.6 is 11.3 Å².